The molecule has 1 aromatic heterocycles. The van der Waals surface area contributed by atoms with Crippen molar-refractivity contribution in [3.05, 3.63) is 53.1 Å². The molecule has 0 radical (unpaired) electrons. The lowest BCUT2D eigenvalue weighted by Gasteiger charge is -2.29. The van der Waals surface area contributed by atoms with Crippen molar-refractivity contribution >= 4 is 0 Å². The number of aromatic nitrogens is 2. The van der Waals surface area contributed by atoms with Crippen molar-refractivity contribution in [3.8, 4) is 0 Å². The number of H-pyrrole nitrogens is 1. The first-order valence-electron chi connectivity index (χ1n) is 11.5. The third-order valence-corrected chi connectivity index (χ3v) is 5.82. The minimum atomic E-state index is 0.784. The maximum absolute atomic E-state index is 4.26. The molecule has 0 amide bonds. The molecule has 0 unspecified atom stereocenters. The zero-order valence-electron chi connectivity index (χ0n) is 18.4. The molecule has 2 aromatic rings. The highest BCUT2D eigenvalue weighted by Crippen LogP contribution is 2.21. The van der Waals surface area contributed by atoms with Gasteiger partial charge in [-0.05, 0) is 75.0 Å². The monoisotopic (exact) mass is 397 g/mol. The van der Waals surface area contributed by atoms with Gasteiger partial charge in [0.15, 0.2) is 0 Å². The number of unbranched alkanes of at least 4 members (excludes halogenated alkanes) is 1. The molecular weight excluding hydrogens is 358 g/mol. The number of hydrogen-bond acceptors (Lipinski definition) is 4. The van der Waals surface area contributed by atoms with Gasteiger partial charge in [0, 0.05) is 32.0 Å². The van der Waals surface area contributed by atoms with E-state index in [0.29, 0.717) is 0 Å². The highest BCUT2D eigenvalue weighted by Gasteiger charge is 2.16. The summed E-state index contributed by atoms with van der Waals surface area (Å²) in [5.74, 6) is 0.992. The van der Waals surface area contributed by atoms with E-state index in [1.165, 1.54) is 81.5 Å². The molecule has 0 spiro atoms. The topological polar surface area (TPSA) is 47.2 Å². The molecule has 1 aliphatic heterocycles. The fraction of sp³-hybridized carbons (Fsp3) is 0.625. The predicted molar refractivity (Wildman–Crippen MR) is 121 cm³/mol. The lowest BCUT2D eigenvalue weighted by Crippen LogP contribution is -2.32. The maximum atomic E-state index is 4.26. The second-order valence-electron chi connectivity index (χ2n) is 8.32. The number of aromatic amines is 1. The number of hydrogen-bond donors (Lipinski definition) is 2. The van der Waals surface area contributed by atoms with Gasteiger partial charge in [-0.15, -0.1) is 0 Å². The summed E-state index contributed by atoms with van der Waals surface area (Å²) in [6.45, 7) is 13.6. The van der Waals surface area contributed by atoms with Gasteiger partial charge < -0.3 is 15.2 Å². The van der Waals surface area contributed by atoms with Crippen LogP contribution in [0.3, 0.4) is 0 Å². The first-order valence-corrected chi connectivity index (χ1v) is 11.5. The Hall–Kier alpha value is -1.69. The van der Waals surface area contributed by atoms with E-state index in [1.54, 1.807) is 6.20 Å². The fourth-order valence-electron chi connectivity index (χ4n) is 4.32. The van der Waals surface area contributed by atoms with Crippen molar-refractivity contribution in [3.63, 3.8) is 0 Å². The summed E-state index contributed by atoms with van der Waals surface area (Å²) in [5.41, 5.74) is 4.43. The minimum absolute atomic E-state index is 0.784. The number of rotatable bonds is 13. The molecule has 0 fully saturated rings. The van der Waals surface area contributed by atoms with E-state index in [0.717, 1.165) is 25.5 Å². The van der Waals surface area contributed by atoms with Crippen LogP contribution in [0.4, 0.5) is 0 Å². The highest BCUT2D eigenvalue weighted by atomic mass is 15.1. The first-order chi connectivity index (χ1) is 14.3. The van der Waals surface area contributed by atoms with E-state index in [9.17, 15) is 0 Å². The lowest BCUT2D eigenvalue weighted by atomic mass is 9.97. The Morgan fingerprint density at radius 3 is 2.69 bits per heavy atom. The summed E-state index contributed by atoms with van der Waals surface area (Å²) in [4.78, 5) is 12.7. The molecule has 3 rings (SSSR count). The fourth-order valence-corrected chi connectivity index (χ4v) is 4.32. The van der Waals surface area contributed by atoms with E-state index in [-0.39, 0.29) is 0 Å². The zero-order chi connectivity index (χ0) is 20.3. The van der Waals surface area contributed by atoms with E-state index in [2.05, 4.69) is 57.1 Å². The van der Waals surface area contributed by atoms with Crippen molar-refractivity contribution in [2.45, 2.75) is 65.6 Å². The number of nitrogens with zero attached hydrogens (tertiary/aromatic N) is 3. The van der Waals surface area contributed by atoms with E-state index >= 15 is 0 Å². The van der Waals surface area contributed by atoms with Gasteiger partial charge in [0.25, 0.3) is 0 Å². The molecule has 1 aromatic carbocycles. The van der Waals surface area contributed by atoms with Gasteiger partial charge in [-0.1, -0.05) is 32.0 Å². The predicted octanol–water partition coefficient (Wildman–Crippen LogP) is 3.96. The summed E-state index contributed by atoms with van der Waals surface area (Å²) in [5, 5.41) is 3.47. The average Bonchev–Trinajstić information content (AvgIpc) is 3.25. The van der Waals surface area contributed by atoms with Gasteiger partial charge in [-0.25, -0.2) is 4.98 Å². The van der Waals surface area contributed by atoms with Crippen molar-refractivity contribution in [2.24, 2.45) is 0 Å². The third-order valence-electron chi connectivity index (χ3n) is 5.82. The van der Waals surface area contributed by atoms with E-state index in [1.807, 2.05) is 6.20 Å². The van der Waals surface area contributed by atoms with Crippen LogP contribution in [0.1, 0.15) is 62.0 Å². The summed E-state index contributed by atoms with van der Waals surface area (Å²) in [6.07, 6.45) is 10.0. The molecule has 2 N–H and O–H groups in total. The minimum Gasteiger partial charge on any atom is -0.348 e. The Kier molecular flexibility index (Phi) is 9.19. The Labute approximate surface area is 176 Å². The van der Waals surface area contributed by atoms with Crippen LogP contribution in [0.2, 0.25) is 0 Å². The van der Waals surface area contributed by atoms with Crippen LogP contribution in [-0.4, -0.2) is 52.5 Å². The zero-order valence-corrected chi connectivity index (χ0v) is 18.4. The normalized spacial score (nSPS) is 14.4. The van der Waals surface area contributed by atoms with Crippen molar-refractivity contribution in [2.75, 3.05) is 32.7 Å². The average molecular weight is 398 g/mol. The van der Waals surface area contributed by atoms with Crippen LogP contribution in [0.25, 0.3) is 0 Å². The maximum Gasteiger partial charge on any atom is 0.120 e. The van der Waals surface area contributed by atoms with E-state index in [4.69, 9.17) is 0 Å². The third kappa shape index (κ3) is 7.25. The second kappa shape index (κ2) is 12.1. The molecule has 0 saturated heterocycles. The smallest absolute Gasteiger partial charge is 0.120 e. The van der Waals surface area contributed by atoms with Crippen molar-refractivity contribution in [1.29, 1.82) is 0 Å². The van der Waals surface area contributed by atoms with Gasteiger partial charge >= 0.3 is 0 Å². The van der Waals surface area contributed by atoms with Crippen LogP contribution < -0.4 is 5.32 Å². The molecule has 0 aliphatic carbocycles. The van der Waals surface area contributed by atoms with Gasteiger partial charge in [-0.3, -0.25) is 4.90 Å². The van der Waals surface area contributed by atoms with Crippen molar-refractivity contribution < 1.29 is 0 Å². The molecule has 29 heavy (non-hydrogen) atoms. The molecule has 0 atom stereocenters. The molecular formula is C24H39N5. The number of fused-ring (bicyclic) bond motifs is 1. The summed E-state index contributed by atoms with van der Waals surface area (Å²) >= 11 is 0. The largest absolute Gasteiger partial charge is 0.348 e. The summed E-state index contributed by atoms with van der Waals surface area (Å²) < 4.78 is 0. The van der Waals surface area contributed by atoms with Crippen molar-refractivity contribution in [1.82, 2.24) is 25.1 Å². The van der Waals surface area contributed by atoms with Crippen LogP contribution in [0, 0.1) is 0 Å². The Morgan fingerprint density at radius 2 is 1.93 bits per heavy atom. The molecule has 5 nitrogen and oxygen atoms in total. The first kappa shape index (κ1) is 22.0. The highest BCUT2D eigenvalue weighted by molar-refractivity contribution is 5.33. The molecule has 2 heterocycles. The summed E-state index contributed by atoms with van der Waals surface area (Å²) in [7, 11) is 0. The Bertz CT molecular complexity index is 691. The molecule has 1 aliphatic rings. The summed E-state index contributed by atoms with van der Waals surface area (Å²) in [6, 6.07) is 7.02. The second-order valence-corrected chi connectivity index (χ2v) is 8.32. The van der Waals surface area contributed by atoms with Crippen LogP contribution in [0.15, 0.2) is 30.6 Å². The quantitative estimate of drug-likeness (QED) is 0.502. The molecule has 5 heteroatoms. The van der Waals surface area contributed by atoms with Crippen LogP contribution in [-0.2, 0) is 26.1 Å². The Morgan fingerprint density at radius 1 is 1.07 bits per heavy atom. The van der Waals surface area contributed by atoms with E-state index < -0.39 is 0 Å². The number of benzene rings is 1. The van der Waals surface area contributed by atoms with Crippen LogP contribution in [0.5, 0.6) is 0 Å². The van der Waals surface area contributed by atoms with Crippen LogP contribution >= 0.6 is 0 Å². The molecule has 0 saturated carbocycles. The lowest BCUT2D eigenvalue weighted by molar-refractivity contribution is 0.230. The Balaban J connectivity index is 1.38. The molecule has 160 valence electrons. The standard InChI is InChI=1S/C24H39N5/c1-3-12-28(13-4-2)14-5-6-15-29-16-9-22-17-21(7-8-23(22)20-29)18-25-19-24-26-10-11-27-24/h7-8,10-11,17,25H,3-6,9,12-16,18-20H2,1-2H3,(H,26,27). The van der Waals surface area contributed by atoms with Gasteiger partial charge in [0.05, 0.1) is 6.54 Å². The molecule has 0 bridgehead atoms. The SMILES string of the molecule is CCCN(CCC)CCCCN1CCc2cc(CNCc3ncc[nH]3)ccc2C1. The van der Waals surface area contributed by atoms with Gasteiger partial charge in [0.1, 0.15) is 5.82 Å². The van der Waals surface area contributed by atoms with Gasteiger partial charge in [0.2, 0.25) is 0 Å². The number of imidazole rings is 1. The number of nitrogens with one attached hydrogen (secondary N) is 2. The van der Waals surface area contributed by atoms with Gasteiger partial charge in [-0.2, -0.15) is 0 Å².